The fourth-order valence-electron chi connectivity index (χ4n) is 2.56. The normalized spacial score (nSPS) is 11.0. The third kappa shape index (κ3) is 5.12. The molecule has 3 N–H and O–H groups in total. The second-order valence-electron chi connectivity index (χ2n) is 6.32. The predicted octanol–water partition coefficient (Wildman–Crippen LogP) is 4.31. The molecule has 0 saturated heterocycles. The highest BCUT2D eigenvalue weighted by Gasteiger charge is 2.14. The molecular weight excluding hydrogens is 446 g/mol. The summed E-state index contributed by atoms with van der Waals surface area (Å²) in [7, 11) is -3.44. The monoisotopic (exact) mass is 461 g/mol. The Balaban J connectivity index is 1.76. The van der Waals surface area contributed by atoms with Gasteiger partial charge in [0.2, 0.25) is 0 Å². The van der Waals surface area contributed by atoms with Crippen LogP contribution >= 0.6 is 23.8 Å². The van der Waals surface area contributed by atoms with Crippen LogP contribution in [0.25, 0.3) is 0 Å². The largest absolute Gasteiger partial charge is 0.352 e. The zero-order chi connectivity index (χ0) is 21.9. The van der Waals surface area contributed by atoms with Gasteiger partial charge in [-0.3, -0.25) is 9.59 Å². The summed E-state index contributed by atoms with van der Waals surface area (Å²) >= 11 is 11.3. The molecule has 1 aromatic heterocycles. The Morgan fingerprint density at radius 3 is 2.43 bits per heavy atom. The lowest BCUT2D eigenvalue weighted by Crippen LogP contribution is -2.14. The van der Waals surface area contributed by atoms with Crippen LogP contribution in [0.4, 0.5) is 11.4 Å². The number of carbonyl (C=O) groups excluding carboxylic acids is 2. The summed E-state index contributed by atoms with van der Waals surface area (Å²) in [5.41, 5.74) is 1.21. The number of benzene rings is 2. The number of aromatic nitrogens is 1. The number of rotatable bonds is 5. The van der Waals surface area contributed by atoms with Crippen molar-refractivity contribution in [1.82, 2.24) is 4.98 Å². The van der Waals surface area contributed by atoms with Gasteiger partial charge < -0.3 is 15.6 Å². The molecule has 1 heterocycles. The number of sulfone groups is 1. The van der Waals surface area contributed by atoms with Crippen molar-refractivity contribution in [3.05, 3.63) is 81.6 Å². The SMILES string of the molecule is CS(=O)(=O)c1cccc(C(=O)Nc2ccc(NC(=O)c3ccc[nH]c3=S)cc2Cl)c1. The quantitative estimate of drug-likeness (QED) is 0.491. The van der Waals surface area contributed by atoms with E-state index in [4.69, 9.17) is 23.8 Å². The lowest BCUT2D eigenvalue weighted by Gasteiger charge is -2.11. The summed E-state index contributed by atoms with van der Waals surface area (Å²) in [5.74, 6) is -0.919. The second-order valence-corrected chi connectivity index (χ2v) is 9.15. The van der Waals surface area contributed by atoms with Crippen LogP contribution in [0.2, 0.25) is 5.02 Å². The van der Waals surface area contributed by atoms with Crippen LogP contribution in [0.5, 0.6) is 0 Å². The van der Waals surface area contributed by atoms with Crippen molar-refractivity contribution in [2.24, 2.45) is 0 Å². The number of anilines is 2. The van der Waals surface area contributed by atoms with Gasteiger partial charge in [-0.05, 0) is 48.5 Å². The Morgan fingerprint density at radius 1 is 1.00 bits per heavy atom. The van der Waals surface area contributed by atoms with Crippen LogP contribution in [0.15, 0.2) is 65.7 Å². The van der Waals surface area contributed by atoms with Crippen molar-refractivity contribution in [2.75, 3.05) is 16.9 Å². The first kappa shape index (κ1) is 21.7. The number of amides is 2. The maximum Gasteiger partial charge on any atom is 0.258 e. The Hall–Kier alpha value is -3.01. The minimum atomic E-state index is -3.44. The third-order valence-corrected chi connectivity index (χ3v) is 5.82. The smallest absolute Gasteiger partial charge is 0.258 e. The van der Waals surface area contributed by atoms with Gasteiger partial charge in [0.05, 0.1) is 21.2 Å². The number of nitrogens with one attached hydrogen (secondary N) is 3. The maximum absolute atomic E-state index is 12.5. The first-order valence-corrected chi connectivity index (χ1v) is 11.2. The number of aromatic amines is 1. The fourth-order valence-corrected chi connectivity index (χ4v) is 3.68. The van der Waals surface area contributed by atoms with E-state index in [0.717, 1.165) is 6.26 Å². The highest BCUT2D eigenvalue weighted by atomic mass is 35.5. The van der Waals surface area contributed by atoms with E-state index < -0.39 is 21.7 Å². The first-order valence-electron chi connectivity index (χ1n) is 8.55. The third-order valence-electron chi connectivity index (χ3n) is 4.06. The lowest BCUT2D eigenvalue weighted by atomic mass is 10.2. The number of H-pyrrole nitrogens is 1. The molecule has 0 fully saturated rings. The van der Waals surface area contributed by atoms with E-state index in [0.29, 0.717) is 21.6 Å². The molecule has 2 aromatic carbocycles. The van der Waals surface area contributed by atoms with Gasteiger partial charge in [0, 0.05) is 23.7 Å². The average molecular weight is 462 g/mol. The molecule has 0 saturated carbocycles. The van der Waals surface area contributed by atoms with Crippen molar-refractivity contribution < 1.29 is 18.0 Å². The summed E-state index contributed by atoms with van der Waals surface area (Å²) < 4.78 is 23.7. The average Bonchev–Trinajstić information content (AvgIpc) is 2.69. The standard InChI is InChI=1S/C20H16ClN3O4S2/c1-30(27,28)14-5-2-4-12(10-14)18(25)24-17-8-7-13(11-16(17)21)23-19(26)15-6-3-9-22-20(15)29/h2-11H,1H3,(H,22,29)(H,23,26)(H,24,25). The summed E-state index contributed by atoms with van der Waals surface area (Å²) in [4.78, 5) is 27.6. The summed E-state index contributed by atoms with van der Waals surface area (Å²) in [6.07, 6.45) is 2.69. The van der Waals surface area contributed by atoms with Crippen molar-refractivity contribution in [3.63, 3.8) is 0 Å². The first-order chi connectivity index (χ1) is 14.1. The van der Waals surface area contributed by atoms with Gasteiger partial charge >= 0.3 is 0 Å². The molecule has 7 nitrogen and oxygen atoms in total. The van der Waals surface area contributed by atoms with Gasteiger partial charge in [-0.2, -0.15) is 0 Å². The van der Waals surface area contributed by atoms with Crippen LogP contribution in [-0.2, 0) is 9.84 Å². The zero-order valence-corrected chi connectivity index (χ0v) is 18.0. The fraction of sp³-hybridized carbons (Fsp3) is 0.0500. The highest BCUT2D eigenvalue weighted by Crippen LogP contribution is 2.26. The number of carbonyl (C=O) groups is 2. The van der Waals surface area contributed by atoms with Gasteiger partial charge in [0.25, 0.3) is 11.8 Å². The number of pyridine rings is 1. The minimum absolute atomic E-state index is 0.0403. The van der Waals surface area contributed by atoms with E-state index in [2.05, 4.69) is 15.6 Å². The van der Waals surface area contributed by atoms with E-state index in [1.165, 1.54) is 36.4 Å². The number of halogens is 1. The molecule has 3 aromatic rings. The molecule has 2 amide bonds. The van der Waals surface area contributed by atoms with Crippen LogP contribution < -0.4 is 10.6 Å². The van der Waals surface area contributed by atoms with E-state index in [9.17, 15) is 18.0 Å². The van der Waals surface area contributed by atoms with Crippen molar-refractivity contribution in [1.29, 1.82) is 0 Å². The van der Waals surface area contributed by atoms with Crippen molar-refractivity contribution in [3.8, 4) is 0 Å². The number of hydrogen-bond acceptors (Lipinski definition) is 5. The van der Waals surface area contributed by atoms with E-state index in [-0.39, 0.29) is 15.5 Å². The van der Waals surface area contributed by atoms with E-state index in [1.54, 1.807) is 24.4 Å². The van der Waals surface area contributed by atoms with Crippen LogP contribution in [0.3, 0.4) is 0 Å². The Labute approximate surface area is 183 Å². The minimum Gasteiger partial charge on any atom is -0.352 e. The molecule has 0 aliphatic heterocycles. The predicted molar refractivity (Wildman–Crippen MR) is 119 cm³/mol. The lowest BCUT2D eigenvalue weighted by molar-refractivity contribution is 0.101. The van der Waals surface area contributed by atoms with Crippen LogP contribution in [-0.4, -0.2) is 31.5 Å². The molecule has 0 radical (unpaired) electrons. The molecule has 30 heavy (non-hydrogen) atoms. The van der Waals surface area contributed by atoms with Crippen molar-refractivity contribution in [2.45, 2.75) is 4.90 Å². The van der Waals surface area contributed by atoms with Gasteiger partial charge in [-0.25, -0.2) is 8.42 Å². The van der Waals surface area contributed by atoms with Gasteiger partial charge in [0.15, 0.2) is 9.84 Å². The molecule has 0 spiro atoms. The molecule has 0 aliphatic rings. The molecule has 0 unspecified atom stereocenters. The summed E-state index contributed by atoms with van der Waals surface area (Å²) in [5, 5.41) is 5.51. The zero-order valence-electron chi connectivity index (χ0n) is 15.6. The Kier molecular flexibility index (Phi) is 6.35. The molecule has 154 valence electrons. The van der Waals surface area contributed by atoms with Gasteiger partial charge in [0.1, 0.15) is 4.64 Å². The molecule has 0 aliphatic carbocycles. The van der Waals surface area contributed by atoms with Crippen molar-refractivity contribution >= 4 is 56.8 Å². The van der Waals surface area contributed by atoms with Gasteiger partial charge in [-0.15, -0.1) is 0 Å². The summed E-state index contributed by atoms with van der Waals surface area (Å²) in [6, 6.07) is 13.5. The van der Waals surface area contributed by atoms with E-state index >= 15 is 0 Å². The summed E-state index contributed by atoms with van der Waals surface area (Å²) in [6.45, 7) is 0. The van der Waals surface area contributed by atoms with Crippen LogP contribution in [0.1, 0.15) is 20.7 Å². The molecule has 10 heteroatoms. The topological polar surface area (TPSA) is 108 Å². The Bertz CT molecular complexity index is 1300. The van der Waals surface area contributed by atoms with Crippen LogP contribution in [0, 0.1) is 4.64 Å². The van der Waals surface area contributed by atoms with Gasteiger partial charge in [-0.1, -0.05) is 29.9 Å². The maximum atomic E-state index is 12.5. The highest BCUT2D eigenvalue weighted by molar-refractivity contribution is 7.90. The second kappa shape index (κ2) is 8.78. The molecule has 0 atom stereocenters. The van der Waals surface area contributed by atoms with E-state index in [1.807, 2.05) is 0 Å². The molecule has 3 rings (SSSR count). The number of hydrogen-bond donors (Lipinski definition) is 3. The molecular formula is C20H16ClN3O4S2. The molecule has 0 bridgehead atoms. The Morgan fingerprint density at radius 2 is 1.77 bits per heavy atom.